The summed E-state index contributed by atoms with van der Waals surface area (Å²) in [7, 11) is 0. The lowest BCUT2D eigenvalue weighted by atomic mass is 10.1. The molecule has 0 saturated carbocycles. The van der Waals surface area contributed by atoms with Crippen molar-refractivity contribution in [2.45, 2.75) is 26.4 Å². The molecule has 0 aliphatic heterocycles. The maximum Gasteiger partial charge on any atom is 0.0915 e. The third kappa shape index (κ3) is 5.84. The van der Waals surface area contributed by atoms with Crippen molar-refractivity contribution in [3.05, 3.63) is 35.4 Å². The Kier molecular flexibility index (Phi) is 7.81. The van der Waals surface area contributed by atoms with Crippen LogP contribution in [0.3, 0.4) is 0 Å². The third-order valence-electron chi connectivity index (χ3n) is 2.45. The summed E-state index contributed by atoms with van der Waals surface area (Å²) in [6.07, 6.45) is 1.24. The van der Waals surface area contributed by atoms with Gasteiger partial charge in [-0.15, -0.1) is 0 Å². The minimum Gasteiger partial charge on any atom is -0.379 e. The standard InChI is InChI=1S/C14H21IO2/c1-3-7-16-8-9-17-14(11-15)13-6-4-5-12(2)10-13/h4-6,10,14H,3,7-9,11H2,1-2H3. The molecule has 0 N–H and O–H groups in total. The Morgan fingerprint density at radius 2 is 2.06 bits per heavy atom. The van der Waals surface area contributed by atoms with Crippen molar-refractivity contribution in [1.82, 2.24) is 0 Å². The Morgan fingerprint density at radius 1 is 1.24 bits per heavy atom. The van der Waals surface area contributed by atoms with Gasteiger partial charge in [0.2, 0.25) is 0 Å². The van der Waals surface area contributed by atoms with Crippen molar-refractivity contribution in [2.24, 2.45) is 0 Å². The van der Waals surface area contributed by atoms with E-state index in [4.69, 9.17) is 9.47 Å². The smallest absolute Gasteiger partial charge is 0.0915 e. The topological polar surface area (TPSA) is 18.5 Å². The molecule has 0 aliphatic rings. The van der Waals surface area contributed by atoms with E-state index in [9.17, 15) is 0 Å². The van der Waals surface area contributed by atoms with E-state index in [1.165, 1.54) is 11.1 Å². The molecule has 2 nitrogen and oxygen atoms in total. The highest BCUT2D eigenvalue weighted by Gasteiger charge is 2.10. The molecular weight excluding hydrogens is 327 g/mol. The second-order valence-electron chi connectivity index (χ2n) is 4.04. The molecular formula is C14H21IO2. The summed E-state index contributed by atoms with van der Waals surface area (Å²) in [6.45, 7) is 6.40. The fourth-order valence-electron chi connectivity index (χ4n) is 1.60. The highest BCUT2D eigenvalue weighted by atomic mass is 127. The van der Waals surface area contributed by atoms with Gasteiger partial charge in [0.25, 0.3) is 0 Å². The van der Waals surface area contributed by atoms with E-state index in [0.717, 1.165) is 17.5 Å². The van der Waals surface area contributed by atoms with Gasteiger partial charge in [-0.25, -0.2) is 0 Å². The number of hydrogen-bond acceptors (Lipinski definition) is 2. The van der Waals surface area contributed by atoms with Gasteiger partial charge in [0.1, 0.15) is 0 Å². The largest absolute Gasteiger partial charge is 0.379 e. The lowest BCUT2D eigenvalue weighted by Crippen LogP contribution is -2.11. The molecule has 96 valence electrons. The summed E-state index contributed by atoms with van der Waals surface area (Å²) in [5, 5.41) is 0. The van der Waals surface area contributed by atoms with E-state index < -0.39 is 0 Å². The molecule has 0 heterocycles. The van der Waals surface area contributed by atoms with Crippen molar-refractivity contribution >= 4 is 22.6 Å². The molecule has 0 aliphatic carbocycles. The van der Waals surface area contributed by atoms with Crippen LogP contribution in [-0.4, -0.2) is 24.2 Å². The first kappa shape index (κ1) is 14.9. The average molecular weight is 348 g/mol. The van der Waals surface area contributed by atoms with Gasteiger partial charge in [0.15, 0.2) is 0 Å². The fourth-order valence-corrected chi connectivity index (χ4v) is 2.36. The molecule has 0 aromatic heterocycles. The van der Waals surface area contributed by atoms with Crippen LogP contribution in [0.2, 0.25) is 0 Å². The van der Waals surface area contributed by atoms with Crippen LogP contribution in [0, 0.1) is 6.92 Å². The van der Waals surface area contributed by atoms with Gasteiger partial charge >= 0.3 is 0 Å². The number of hydrogen-bond donors (Lipinski definition) is 0. The Hall–Kier alpha value is -0.130. The first-order valence-electron chi connectivity index (χ1n) is 6.09. The van der Waals surface area contributed by atoms with Gasteiger partial charge in [0.05, 0.1) is 19.3 Å². The van der Waals surface area contributed by atoms with Crippen molar-refractivity contribution < 1.29 is 9.47 Å². The quantitative estimate of drug-likeness (QED) is 0.403. The summed E-state index contributed by atoms with van der Waals surface area (Å²) in [5.41, 5.74) is 2.54. The summed E-state index contributed by atoms with van der Waals surface area (Å²) < 4.78 is 12.2. The first-order valence-corrected chi connectivity index (χ1v) is 7.62. The highest BCUT2D eigenvalue weighted by molar-refractivity contribution is 14.1. The molecule has 1 aromatic rings. The highest BCUT2D eigenvalue weighted by Crippen LogP contribution is 2.20. The Bertz CT molecular complexity index is 315. The van der Waals surface area contributed by atoms with E-state index >= 15 is 0 Å². The molecule has 1 rings (SSSR count). The molecule has 0 radical (unpaired) electrons. The van der Waals surface area contributed by atoms with Crippen molar-refractivity contribution in [3.63, 3.8) is 0 Å². The van der Waals surface area contributed by atoms with Crippen LogP contribution in [0.1, 0.15) is 30.6 Å². The summed E-state index contributed by atoms with van der Waals surface area (Å²) in [4.78, 5) is 0. The van der Waals surface area contributed by atoms with Crippen LogP contribution in [-0.2, 0) is 9.47 Å². The molecule has 3 heteroatoms. The third-order valence-corrected chi connectivity index (χ3v) is 3.25. The fraction of sp³-hybridized carbons (Fsp3) is 0.571. The van der Waals surface area contributed by atoms with Gasteiger partial charge in [0, 0.05) is 11.0 Å². The molecule has 0 bridgehead atoms. The predicted octanol–water partition coefficient (Wildman–Crippen LogP) is 3.91. The number of benzene rings is 1. The zero-order valence-electron chi connectivity index (χ0n) is 10.6. The van der Waals surface area contributed by atoms with Crippen LogP contribution >= 0.6 is 22.6 Å². The molecule has 1 aromatic carbocycles. The monoisotopic (exact) mass is 348 g/mol. The molecule has 0 saturated heterocycles. The Labute approximate surface area is 118 Å². The molecule has 1 unspecified atom stereocenters. The van der Waals surface area contributed by atoms with Gasteiger partial charge in [-0.05, 0) is 18.9 Å². The van der Waals surface area contributed by atoms with Gasteiger partial charge in [-0.1, -0.05) is 59.3 Å². The lowest BCUT2D eigenvalue weighted by Gasteiger charge is -2.16. The number of aryl methyl sites for hydroxylation is 1. The summed E-state index contributed by atoms with van der Waals surface area (Å²) in [6, 6.07) is 8.51. The van der Waals surface area contributed by atoms with Gasteiger partial charge in [-0.2, -0.15) is 0 Å². The van der Waals surface area contributed by atoms with Crippen LogP contribution < -0.4 is 0 Å². The van der Waals surface area contributed by atoms with Crippen molar-refractivity contribution in [2.75, 3.05) is 24.2 Å². The SMILES string of the molecule is CCCOCCOC(CI)c1cccc(C)c1. The molecule has 17 heavy (non-hydrogen) atoms. The van der Waals surface area contributed by atoms with Crippen LogP contribution in [0.5, 0.6) is 0 Å². The zero-order valence-corrected chi connectivity index (χ0v) is 12.8. The van der Waals surface area contributed by atoms with Crippen LogP contribution in [0.4, 0.5) is 0 Å². The summed E-state index contributed by atoms with van der Waals surface area (Å²) in [5.74, 6) is 0. The van der Waals surface area contributed by atoms with E-state index in [1.54, 1.807) is 0 Å². The number of ether oxygens (including phenoxy) is 2. The number of halogens is 1. The second kappa shape index (κ2) is 8.89. The predicted molar refractivity (Wildman–Crippen MR) is 79.9 cm³/mol. The molecule has 0 fully saturated rings. The van der Waals surface area contributed by atoms with Crippen LogP contribution in [0.15, 0.2) is 24.3 Å². The minimum atomic E-state index is 0.181. The summed E-state index contributed by atoms with van der Waals surface area (Å²) >= 11 is 2.37. The van der Waals surface area contributed by atoms with Crippen LogP contribution in [0.25, 0.3) is 0 Å². The van der Waals surface area contributed by atoms with E-state index in [2.05, 4.69) is 60.7 Å². The van der Waals surface area contributed by atoms with E-state index in [0.29, 0.717) is 13.2 Å². The number of rotatable bonds is 8. The van der Waals surface area contributed by atoms with Gasteiger partial charge in [-0.3, -0.25) is 0 Å². The normalized spacial score (nSPS) is 12.6. The minimum absolute atomic E-state index is 0.181. The maximum atomic E-state index is 5.85. The maximum absolute atomic E-state index is 5.85. The number of alkyl halides is 1. The first-order chi connectivity index (χ1) is 8.27. The van der Waals surface area contributed by atoms with Crippen molar-refractivity contribution in [3.8, 4) is 0 Å². The van der Waals surface area contributed by atoms with Crippen molar-refractivity contribution in [1.29, 1.82) is 0 Å². The molecule has 0 spiro atoms. The van der Waals surface area contributed by atoms with Gasteiger partial charge < -0.3 is 9.47 Å². The average Bonchev–Trinajstić information content (AvgIpc) is 2.34. The Morgan fingerprint density at radius 3 is 2.71 bits per heavy atom. The molecule has 0 amide bonds. The lowest BCUT2D eigenvalue weighted by molar-refractivity contribution is 0.0147. The van der Waals surface area contributed by atoms with E-state index in [1.807, 2.05) is 0 Å². The second-order valence-corrected chi connectivity index (χ2v) is 4.92. The van der Waals surface area contributed by atoms with E-state index in [-0.39, 0.29) is 6.10 Å². The Balaban J connectivity index is 2.38. The zero-order chi connectivity index (χ0) is 12.5. The molecule has 1 atom stereocenters.